The summed E-state index contributed by atoms with van der Waals surface area (Å²) < 4.78 is 34.3. The first-order chi connectivity index (χ1) is 14.3. The Morgan fingerprint density at radius 2 is 2.17 bits per heavy atom. The van der Waals surface area contributed by atoms with Gasteiger partial charge in [-0.3, -0.25) is 4.79 Å². The van der Waals surface area contributed by atoms with Crippen molar-refractivity contribution in [3.8, 4) is 6.07 Å². The van der Waals surface area contributed by atoms with Crippen molar-refractivity contribution in [2.45, 2.75) is 44.0 Å². The Morgan fingerprint density at radius 3 is 2.83 bits per heavy atom. The molecule has 2 heterocycles. The number of carbonyl (C=O) groups is 1. The zero-order chi connectivity index (χ0) is 21.5. The number of alkyl halides is 1. The van der Waals surface area contributed by atoms with Gasteiger partial charge in [0.15, 0.2) is 0 Å². The summed E-state index contributed by atoms with van der Waals surface area (Å²) in [5, 5.41) is 11.6. The molecule has 0 radical (unpaired) electrons. The number of ether oxygens (including phenoxy) is 1. The number of nitrogens with two attached hydrogens (primary N) is 1. The van der Waals surface area contributed by atoms with Gasteiger partial charge in [0, 0.05) is 23.9 Å². The lowest BCUT2D eigenvalue weighted by Crippen LogP contribution is -2.38. The van der Waals surface area contributed by atoms with E-state index in [2.05, 4.69) is 15.3 Å². The molecule has 1 amide bonds. The zero-order valence-corrected chi connectivity index (χ0v) is 16.2. The zero-order valence-electron chi connectivity index (χ0n) is 16.2. The second-order valence-corrected chi connectivity index (χ2v) is 7.55. The van der Waals surface area contributed by atoms with Crippen molar-refractivity contribution < 1.29 is 18.3 Å². The largest absolute Gasteiger partial charge is 0.459 e. The number of anilines is 1. The molecular weight excluding hydrogens is 392 g/mol. The molecule has 1 saturated carbocycles. The second-order valence-electron chi connectivity index (χ2n) is 7.55. The number of aryl methyl sites for hydroxylation is 1. The minimum absolute atomic E-state index is 0.154. The minimum Gasteiger partial charge on any atom is -0.459 e. The second kappa shape index (κ2) is 7.37. The van der Waals surface area contributed by atoms with Crippen LogP contribution in [0.1, 0.15) is 52.5 Å². The van der Waals surface area contributed by atoms with E-state index in [1.165, 1.54) is 24.4 Å². The van der Waals surface area contributed by atoms with Crippen molar-refractivity contribution in [2.24, 2.45) is 10.7 Å². The highest BCUT2D eigenvalue weighted by Gasteiger charge is 2.54. The number of hydrogen-bond donors (Lipinski definition) is 2. The van der Waals surface area contributed by atoms with Gasteiger partial charge in [-0.15, -0.1) is 0 Å². The number of hydrogen-bond acceptors (Lipinski definition) is 6. The van der Waals surface area contributed by atoms with Gasteiger partial charge in [-0.25, -0.2) is 18.8 Å². The van der Waals surface area contributed by atoms with Gasteiger partial charge in [-0.05, 0) is 49.6 Å². The van der Waals surface area contributed by atoms with Crippen LogP contribution in [0.15, 0.2) is 35.5 Å². The molecule has 154 valence electrons. The fourth-order valence-corrected chi connectivity index (χ4v) is 3.53. The third-order valence-corrected chi connectivity index (χ3v) is 5.32. The van der Waals surface area contributed by atoms with Crippen LogP contribution in [0.2, 0.25) is 0 Å². The number of halogens is 2. The molecule has 2 aliphatic rings. The maximum absolute atomic E-state index is 14.5. The number of nitriles is 1. The fourth-order valence-electron chi connectivity index (χ4n) is 3.53. The van der Waals surface area contributed by atoms with E-state index in [1.807, 2.05) is 6.07 Å². The van der Waals surface area contributed by atoms with Gasteiger partial charge >= 0.3 is 0 Å². The Bertz CT molecular complexity index is 1090. The summed E-state index contributed by atoms with van der Waals surface area (Å²) in [5.74, 6) is -1.03. The monoisotopic (exact) mass is 411 g/mol. The maximum atomic E-state index is 14.5. The highest BCUT2D eigenvalue weighted by molar-refractivity contribution is 6.03. The molecule has 0 saturated heterocycles. The SMILES string of the molecule is Cc1cc(C#N)cnc1C(=O)Nc1ccc(F)c([C@@H]2C[C@@H](C3(F)CC3)OC(N)=N2)c1. The molecule has 0 unspecified atom stereocenters. The van der Waals surface area contributed by atoms with Crippen molar-refractivity contribution in [3.05, 3.63) is 58.7 Å². The van der Waals surface area contributed by atoms with Crippen LogP contribution in [0.4, 0.5) is 14.5 Å². The van der Waals surface area contributed by atoms with Crippen LogP contribution in [0.25, 0.3) is 0 Å². The third-order valence-electron chi connectivity index (χ3n) is 5.32. The topological polar surface area (TPSA) is 113 Å². The number of amides is 1. The smallest absolute Gasteiger partial charge is 0.282 e. The molecule has 3 N–H and O–H groups in total. The molecule has 0 spiro atoms. The summed E-state index contributed by atoms with van der Waals surface area (Å²) in [4.78, 5) is 20.7. The number of nitrogens with one attached hydrogen (secondary N) is 1. The lowest BCUT2D eigenvalue weighted by molar-refractivity contribution is 0.0466. The Hall–Kier alpha value is -3.54. The van der Waals surface area contributed by atoms with Crippen molar-refractivity contribution >= 4 is 17.6 Å². The van der Waals surface area contributed by atoms with Gasteiger partial charge in [-0.2, -0.15) is 5.26 Å². The van der Waals surface area contributed by atoms with Gasteiger partial charge in [0.25, 0.3) is 11.9 Å². The molecular formula is C21H19F2N5O2. The molecule has 1 aliphatic carbocycles. The summed E-state index contributed by atoms with van der Waals surface area (Å²) in [6.45, 7) is 1.67. The average Bonchev–Trinajstić information content (AvgIpc) is 3.47. The van der Waals surface area contributed by atoms with E-state index in [0.29, 0.717) is 29.7 Å². The average molecular weight is 411 g/mol. The summed E-state index contributed by atoms with van der Waals surface area (Å²) in [6.07, 6.45) is 1.45. The number of benzene rings is 1. The van der Waals surface area contributed by atoms with Gasteiger partial charge in [0.2, 0.25) is 0 Å². The number of nitrogens with zero attached hydrogens (tertiary/aromatic N) is 3. The summed E-state index contributed by atoms with van der Waals surface area (Å²) in [6, 6.07) is 6.70. The molecule has 1 fully saturated rings. The van der Waals surface area contributed by atoms with E-state index in [4.69, 9.17) is 15.7 Å². The number of amidine groups is 1. The van der Waals surface area contributed by atoms with Gasteiger partial charge in [0.1, 0.15) is 29.4 Å². The third kappa shape index (κ3) is 3.81. The molecule has 1 aliphatic heterocycles. The number of pyridine rings is 1. The molecule has 2 atom stereocenters. The van der Waals surface area contributed by atoms with E-state index in [-0.39, 0.29) is 23.7 Å². The van der Waals surface area contributed by atoms with Crippen LogP contribution in [0.5, 0.6) is 0 Å². The number of carbonyl (C=O) groups excluding carboxylic acids is 1. The van der Waals surface area contributed by atoms with Crippen molar-refractivity contribution in [1.82, 2.24) is 4.98 Å². The van der Waals surface area contributed by atoms with E-state index < -0.39 is 29.5 Å². The quantitative estimate of drug-likeness (QED) is 0.801. The molecule has 2 aromatic rings. The summed E-state index contributed by atoms with van der Waals surface area (Å²) in [5.41, 5.74) is 5.82. The van der Waals surface area contributed by atoms with E-state index in [1.54, 1.807) is 13.0 Å². The van der Waals surface area contributed by atoms with Gasteiger partial charge in [-0.1, -0.05) is 0 Å². The first-order valence-electron chi connectivity index (χ1n) is 9.45. The predicted molar refractivity (Wildman–Crippen MR) is 105 cm³/mol. The Kier molecular flexibility index (Phi) is 4.86. The molecule has 4 rings (SSSR count). The molecule has 7 nitrogen and oxygen atoms in total. The number of aromatic nitrogens is 1. The molecule has 0 bridgehead atoms. The van der Waals surface area contributed by atoms with Crippen LogP contribution < -0.4 is 11.1 Å². The lowest BCUT2D eigenvalue weighted by Gasteiger charge is -2.29. The van der Waals surface area contributed by atoms with Gasteiger partial charge in [0.05, 0.1) is 11.6 Å². The number of aliphatic imine (C=N–C) groups is 1. The Balaban J connectivity index is 1.57. The van der Waals surface area contributed by atoms with Gasteiger partial charge < -0.3 is 15.8 Å². The summed E-state index contributed by atoms with van der Waals surface area (Å²) >= 11 is 0. The molecule has 30 heavy (non-hydrogen) atoms. The molecule has 1 aromatic carbocycles. The highest BCUT2D eigenvalue weighted by Crippen LogP contribution is 2.48. The standard InChI is InChI=1S/C21H19F2N5O2/c1-11-6-12(9-24)10-26-18(11)19(29)27-13-2-3-15(22)14(7-13)16-8-17(21(23)4-5-21)30-20(25)28-16/h2-3,6-7,10,16-17H,4-5,8H2,1H3,(H2,25,28)(H,27,29)/t16-,17-/m0/s1. The number of rotatable bonds is 4. The van der Waals surface area contributed by atoms with Crippen LogP contribution >= 0.6 is 0 Å². The van der Waals surface area contributed by atoms with Crippen molar-refractivity contribution in [1.29, 1.82) is 5.26 Å². The van der Waals surface area contributed by atoms with Crippen molar-refractivity contribution in [3.63, 3.8) is 0 Å². The van der Waals surface area contributed by atoms with Crippen LogP contribution in [-0.4, -0.2) is 28.7 Å². The first-order valence-corrected chi connectivity index (χ1v) is 9.45. The van der Waals surface area contributed by atoms with Crippen LogP contribution in [-0.2, 0) is 4.74 Å². The lowest BCUT2D eigenvalue weighted by atomic mass is 9.96. The van der Waals surface area contributed by atoms with E-state index in [0.717, 1.165) is 0 Å². The normalized spacial score (nSPS) is 21.7. The Morgan fingerprint density at radius 1 is 1.40 bits per heavy atom. The Labute approximate surface area is 171 Å². The molecule has 1 aromatic heterocycles. The first kappa shape index (κ1) is 19.8. The predicted octanol–water partition coefficient (Wildman–Crippen LogP) is 3.30. The highest BCUT2D eigenvalue weighted by atomic mass is 19.1. The molecule has 9 heteroatoms. The summed E-state index contributed by atoms with van der Waals surface area (Å²) in [7, 11) is 0. The van der Waals surface area contributed by atoms with Crippen molar-refractivity contribution in [2.75, 3.05) is 5.32 Å². The van der Waals surface area contributed by atoms with E-state index in [9.17, 15) is 13.6 Å². The van der Waals surface area contributed by atoms with Crippen LogP contribution in [0, 0.1) is 24.1 Å². The maximum Gasteiger partial charge on any atom is 0.282 e. The minimum atomic E-state index is -1.44. The van der Waals surface area contributed by atoms with E-state index >= 15 is 0 Å². The fraction of sp³-hybridized carbons (Fsp3) is 0.333. The van der Waals surface area contributed by atoms with Crippen LogP contribution in [0.3, 0.4) is 0 Å².